The summed E-state index contributed by atoms with van der Waals surface area (Å²) >= 11 is 5.61. The van der Waals surface area contributed by atoms with Gasteiger partial charge >= 0.3 is 6.09 Å². The number of halogens is 1. The molecular weight excluding hydrogens is 278 g/mol. The first-order chi connectivity index (χ1) is 9.35. The molecule has 0 aromatic heterocycles. The van der Waals surface area contributed by atoms with Crippen LogP contribution in [0.2, 0.25) is 0 Å². The standard InChI is InChI=1S/C15H22ClNO3/c1-15(2,3)20-14(19)17-12(8-5-4-6-11-16)9-7-10-13(17)18/h5,7-8,10,12H,4,6,9,11H2,1-3H3/b8-5+/t12-/m0/s1. The van der Waals surface area contributed by atoms with Crippen LogP contribution in [-0.2, 0) is 9.53 Å². The summed E-state index contributed by atoms with van der Waals surface area (Å²) in [6.07, 6.45) is 8.74. The highest BCUT2D eigenvalue weighted by atomic mass is 35.5. The van der Waals surface area contributed by atoms with Crippen molar-refractivity contribution >= 4 is 23.6 Å². The number of hydrogen-bond acceptors (Lipinski definition) is 3. The molecule has 0 N–H and O–H groups in total. The summed E-state index contributed by atoms with van der Waals surface area (Å²) in [7, 11) is 0. The van der Waals surface area contributed by atoms with E-state index in [1.54, 1.807) is 26.8 Å². The minimum Gasteiger partial charge on any atom is -0.443 e. The largest absolute Gasteiger partial charge is 0.443 e. The van der Waals surface area contributed by atoms with Gasteiger partial charge in [-0.1, -0.05) is 18.2 Å². The van der Waals surface area contributed by atoms with E-state index in [0.717, 1.165) is 12.8 Å². The Morgan fingerprint density at radius 3 is 2.85 bits per heavy atom. The van der Waals surface area contributed by atoms with Crippen molar-refractivity contribution in [1.29, 1.82) is 0 Å². The van der Waals surface area contributed by atoms with E-state index in [9.17, 15) is 9.59 Å². The van der Waals surface area contributed by atoms with E-state index < -0.39 is 11.7 Å². The highest BCUT2D eigenvalue weighted by molar-refractivity contribution is 6.17. The van der Waals surface area contributed by atoms with Crippen molar-refractivity contribution in [2.45, 2.75) is 51.7 Å². The van der Waals surface area contributed by atoms with Crippen LogP contribution in [0.4, 0.5) is 4.79 Å². The number of alkyl halides is 1. The van der Waals surface area contributed by atoms with E-state index in [2.05, 4.69) is 0 Å². The number of allylic oxidation sites excluding steroid dienone is 1. The van der Waals surface area contributed by atoms with Gasteiger partial charge < -0.3 is 4.74 Å². The summed E-state index contributed by atoms with van der Waals surface area (Å²) in [5, 5.41) is 0. The highest BCUT2D eigenvalue weighted by Gasteiger charge is 2.32. The predicted octanol–water partition coefficient (Wildman–Crippen LogP) is 3.65. The smallest absolute Gasteiger partial charge is 0.417 e. The fourth-order valence-electron chi connectivity index (χ4n) is 1.81. The van der Waals surface area contributed by atoms with Crippen molar-refractivity contribution in [3.63, 3.8) is 0 Å². The third kappa shape index (κ3) is 5.37. The van der Waals surface area contributed by atoms with Crippen molar-refractivity contribution in [2.24, 2.45) is 0 Å². The normalized spacial score (nSPS) is 19.7. The molecule has 1 atom stereocenters. The van der Waals surface area contributed by atoms with Gasteiger partial charge in [0.15, 0.2) is 0 Å². The van der Waals surface area contributed by atoms with Crippen LogP contribution < -0.4 is 0 Å². The number of rotatable bonds is 4. The lowest BCUT2D eigenvalue weighted by Gasteiger charge is -2.31. The third-order valence-corrected chi connectivity index (χ3v) is 2.93. The summed E-state index contributed by atoms with van der Waals surface area (Å²) in [6.45, 7) is 5.33. The number of amides is 2. The SMILES string of the molecule is CC(C)(C)OC(=O)N1C(=O)C=CC[C@@H]1/C=C/CCCCl. The molecule has 1 aliphatic rings. The maximum absolute atomic E-state index is 12.1. The summed E-state index contributed by atoms with van der Waals surface area (Å²) in [5.41, 5.74) is -0.620. The van der Waals surface area contributed by atoms with Gasteiger partial charge in [0.2, 0.25) is 0 Å². The number of nitrogens with zero attached hydrogens (tertiary/aromatic N) is 1. The van der Waals surface area contributed by atoms with Crippen LogP contribution in [0.25, 0.3) is 0 Å². The fraction of sp³-hybridized carbons (Fsp3) is 0.600. The van der Waals surface area contributed by atoms with E-state index in [0.29, 0.717) is 12.3 Å². The number of imide groups is 1. The molecule has 0 aliphatic carbocycles. The zero-order valence-electron chi connectivity index (χ0n) is 12.3. The molecule has 0 bridgehead atoms. The summed E-state index contributed by atoms with van der Waals surface area (Å²) in [4.78, 5) is 25.2. The molecule has 0 aromatic carbocycles. The van der Waals surface area contributed by atoms with Gasteiger partial charge in [-0.25, -0.2) is 9.69 Å². The average Bonchev–Trinajstić information content (AvgIpc) is 2.32. The van der Waals surface area contributed by atoms with Crippen molar-refractivity contribution in [1.82, 2.24) is 4.90 Å². The first-order valence-electron chi connectivity index (χ1n) is 6.80. The van der Waals surface area contributed by atoms with E-state index in [-0.39, 0.29) is 11.9 Å². The molecular formula is C15H22ClNO3. The molecule has 0 radical (unpaired) electrons. The van der Waals surface area contributed by atoms with Crippen molar-refractivity contribution in [3.05, 3.63) is 24.3 Å². The molecule has 112 valence electrons. The Balaban J connectivity index is 2.76. The Kier molecular flexibility index (Phi) is 6.27. The second-order valence-electron chi connectivity index (χ2n) is 5.65. The number of hydrogen-bond donors (Lipinski definition) is 0. The summed E-state index contributed by atoms with van der Waals surface area (Å²) in [6, 6.07) is -0.280. The van der Waals surface area contributed by atoms with Gasteiger partial charge in [0, 0.05) is 5.88 Å². The lowest BCUT2D eigenvalue weighted by molar-refractivity contribution is -0.127. The van der Waals surface area contributed by atoms with Crippen LogP contribution in [0.5, 0.6) is 0 Å². The third-order valence-electron chi connectivity index (χ3n) is 2.66. The number of ether oxygens (including phenoxy) is 1. The monoisotopic (exact) mass is 299 g/mol. The average molecular weight is 300 g/mol. The Hall–Kier alpha value is -1.29. The second kappa shape index (κ2) is 7.48. The van der Waals surface area contributed by atoms with E-state index >= 15 is 0 Å². The van der Waals surface area contributed by atoms with Gasteiger partial charge in [0.25, 0.3) is 5.91 Å². The Bertz CT molecular complexity index is 410. The molecule has 4 nitrogen and oxygen atoms in total. The quantitative estimate of drug-likeness (QED) is 0.452. The molecule has 0 spiro atoms. The first kappa shape index (κ1) is 16.8. The van der Waals surface area contributed by atoms with Crippen molar-refractivity contribution in [2.75, 3.05) is 5.88 Å². The Morgan fingerprint density at radius 1 is 1.55 bits per heavy atom. The number of carbonyl (C=O) groups excluding carboxylic acids is 2. The number of carbonyl (C=O) groups is 2. The van der Waals surface area contributed by atoms with E-state index in [4.69, 9.17) is 16.3 Å². The molecule has 20 heavy (non-hydrogen) atoms. The molecule has 5 heteroatoms. The summed E-state index contributed by atoms with van der Waals surface area (Å²) in [5.74, 6) is 0.265. The fourth-order valence-corrected chi connectivity index (χ4v) is 1.96. The molecule has 1 heterocycles. The predicted molar refractivity (Wildman–Crippen MR) is 79.7 cm³/mol. The molecule has 0 aromatic rings. The maximum Gasteiger partial charge on any atom is 0.417 e. The molecule has 1 rings (SSSR count). The van der Waals surface area contributed by atoms with E-state index in [1.807, 2.05) is 12.2 Å². The van der Waals surface area contributed by atoms with E-state index in [1.165, 1.54) is 11.0 Å². The topological polar surface area (TPSA) is 46.6 Å². The minimum absolute atomic E-state index is 0.280. The van der Waals surface area contributed by atoms with Crippen LogP contribution in [0, 0.1) is 0 Å². The van der Waals surface area contributed by atoms with Gasteiger partial charge in [-0.3, -0.25) is 4.79 Å². The van der Waals surface area contributed by atoms with Gasteiger partial charge in [-0.2, -0.15) is 0 Å². The summed E-state index contributed by atoms with van der Waals surface area (Å²) < 4.78 is 5.28. The minimum atomic E-state index is -0.620. The van der Waals surface area contributed by atoms with Crippen LogP contribution >= 0.6 is 11.6 Å². The van der Waals surface area contributed by atoms with Gasteiger partial charge in [0.1, 0.15) is 5.60 Å². The Labute approximate surface area is 125 Å². The highest BCUT2D eigenvalue weighted by Crippen LogP contribution is 2.19. The zero-order valence-corrected chi connectivity index (χ0v) is 13.0. The second-order valence-corrected chi connectivity index (χ2v) is 6.03. The first-order valence-corrected chi connectivity index (χ1v) is 7.34. The van der Waals surface area contributed by atoms with Crippen LogP contribution in [-0.4, -0.2) is 34.4 Å². The maximum atomic E-state index is 12.1. The molecule has 0 saturated carbocycles. The van der Waals surface area contributed by atoms with Crippen molar-refractivity contribution in [3.8, 4) is 0 Å². The van der Waals surface area contributed by atoms with Gasteiger partial charge in [0.05, 0.1) is 6.04 Å². The lowest BCUT2D eigenvalue weighted by atomic mass is 10.1. The molecule has 0 unspecified atom stereocenters. The molecule has 0 fully saturated rings. The number of unbranched alkanes of at least 4 members (excludes halogenated alkanes) is 1. The van der Waals surface area contributed by atoms with Gasteiger partial charge in [-0.05, 0) is 46.1 Å². The van der Waals surface area contributed by atoms with Crippen LogP contribution in [0.3, 0.4) is 0 Å². The molecule has 2 amide bonds. The lowest BCUT2D eigenvalue weighted by Crippen LogP contribution is -2.47. The Morgan fingerprint density at radius 2 is 2.25 bits per heavy atom. The molecule has 0 saturated heterocycles. The van der Waals surface area contributed by atoms with Crippen molar-refractivity contribution < 1.29 is 14.3 Å². The van der Waals surface area contributed by atoms with Crippen LogP contribution in [0.15, 0.2) is 24.3 Å². The van der Waals surface area contributed by atoms with Gasteiger partial charge in [-0.15, -0.1) is 11.6 Å². The zero-order chi connectivity index (χ0) is 15.2. The van der Waals surface area contributed by atoms with Crippen LogP contribution in [0.1, 0.15) is 40.0 Å². The molecule has 1 aliphatic heterocycles.